The highest BCUT2D eigenvalue weighted by molar-refractivity contribution is 6.34. The maximum absolute atomic E-state index is 12.7. The predicted octanol–water partition coefficient (Wildman–Crippen LogP) is 2.54. The molecule has 1 N–H and O–H groups in total. The van der Waals surface area contributed by atoms with E-state index in [1.54, 1.807) is 18.2 Å². The molecular formula is C19H17NO5. The topological polar surface area (TPSA) is 76.1 Å². The second-order valence-corrected chi connectivity index (χ2v) is 5.48. The molecule has 6 nitrogen and oxygen atoms in total. The quantitative estimate of drug-likeness (QED) is 0.847. The molecule has 0 aliphatic carbocycles. The highest BCUT2D eigenvalue weighted by atomic mass is 16.5. The first kappa shape index (κ1) is 16.6. The van der Waals surface area contributed by atoms with Crippen LogP contribution < -0.4 is 9.47 Å². The first-order valence-corrected chi connectivity index (χ1v) is 7.62. The van der Waals surface area contributed by atoms with Gasteiger partial charge in [-0.25, -0.2) is 0 Å². The van der Waals surface area contributed by atoms with Gasteiger partial charge in [0.25, 0.3) is 11.8 Å². The lowest BCUT2D eigenvalue weighted by Crippen LogP contribution is -2.31. The minimum atomic E-state index is -0.710. The van der Waals surface area contributed by atoms with Gasteiger partial charge in [0.15, 0.2) is 17.3 Å². The number of amides is 2. The van der Waals surface area contributed by atoms with Crippen molar-refractivity contribution in [2.75, 3.05) is 14.2 Å². The fourth-order valence-corrected chi connectivity index (χ4v) is 2.72. The van der Waals surface area contributed by atoms with E-state index in [-0.39, 0.29) is 12.1 Å². The molecule has 1 aliphatic heterocycles. The summed E-state index contributed by atoms with van der Waals surface area (Å²) in [6, 6.07) is 13.9. The van der Waals surface area contributed by atoms with Gasteiger partial charge in [-0.15, -0.1) is 0 Å². The van der Waals surface area contributed by atoms with E-state index in [2.05, 4.69) is 0 Å². The van der Waals surface area contributed by atoms with Crippen molar-refractivity contribution < 1.29 is 24.2 Å². The van der Waals surface area contributed by atoms with Crippen molar-refractivity contribution in [2.24, 2.45) is 0 Å². The Morgan fingerprint density at radius 3 is 2.24 bits per heavy atom. The Hall–Kier alpha value is -3.28. The number of aliphatic hydroxyl groups excluding tert-OH is 1. The summed E-state index contributed by atoms with van der Waals surface area (Å²) >= 11 is 0. The Bertz CT molecular complexity index is 857. The molecule has 0 unspecified atom stereocenters. The van der Waals surface area contributed by atoms with Crippen molar-refractivity contribution >= 4 is 17.4 Å². The summed E-state index contributed by atoms with van der Waals surface area (Å²) in [5.41, 5.74) is 1.15. The molecule has 1 aliphatic rings. The highest BCUT2D eigenvalue weighted by Gasteiger charge is 2.39. The Labute approximate surface area is 144 Å². The largest absolute Gasteiger partial charge is 0.502 e. The van der Waals surface area contributed by atoms with E-state index in [1.165, 1.54) is 14.2 Å². The lowest BCUT2D eigenvalue weighted by atomic mass is 10.0. The molecule has 1 heterocycles. The minimum absolute atomic E-state index is 0.0399. The summed E-state index contributed by atoms with van der Waals surface area (Å²) in [4.78, 5) is 26.0. The van der Waals surface area contributed by atoms with Crippen molar-refractivity contribution in [3.63, 3.8) is 0 Å². The molecular weight excluding hydrogens is 322 g/mol. The molecule has 0 saturated heterocycles. The predicted molar refractivity (Wildman–Crippen MR) is 91.1 cm³/mol. The maximum Gasteiger partial charge on any atom is 0.296 e. The number of hydrogen-bond acceptors (Lipinski definition) is 5. The SMILES string of the molecule is COc1ccc(C2=C(O)C(=O)N(Cc3ccccc3)C2=O)cc1OC. The van der Waals surface area contributed by atoms with Crippen molar-refractivity contribution in [3.05, 3.63) is 65.4 Å². The molecule has 0 aromatic heterocycles. The summed E-state index contributed by atoms with van der Waals surface area (Å²) in [7, 11) is 2.97. The standard InChI is InChI=1S/C19H17NO5/c1-24-14-9-8-13(10-15(14)25-2)16-17(21)19(23)20(18(16)22)11-12-6-4-3-5-7-12/h3-10,21H,11H2,1-2H3. The molecule has 2 aromatic carbocycles. The molecule has 2 amide bonds. The number of benzene rings is 2. The van der Waals surface area contributed by atoms with Gasteiger partial charge in [-0.05, 0) is 23.3 Å². The second kappa shape index (κ2) is 6.68. The van der Waals surface area contributed by atoms with Crippen LogP contribution in [0.15, 0.2) is 54.3 Å². The van der Waals surface area contributed by atoms with Crippen LogP contribution in [0.1, 0.15) is 11.1 Å². The summed E-state index contributed by atoms with van der Waals surface area (Å²) in [6.07, 6.45) is 0. The van der Waals surface area contributed by atoms with Crippen LogP contribution in [0.2, 0.25) is 0 Å². The molecule has 6 heteroatoms. The molecule has 0 saturated carbocycles. The van der Waals surface area contributed by atoms with E-state index >= 15 is 0 Å². The molecule has 3 rings (SSSR count). The van der Waals surface area contributed by atoms with Crippen LogP contribution in [0.3, 0.4) is 0 Å². The Kier molecular flexibility index (Phi) is 4.43. The molecule has 128 valence electrons. The van der Waals surface area contributed by atoms with E-state index in [0.717, 1.165) is 10.5 Å². The minimum Gasteiger partial charge on any atom is -0.502 e. The van der Waals surface area contributed by atoms with Crippen molar-refractivity contribution in [1.29, 1.82) is 0 Å². The summed E-state index contributed by atoms with van der Waals surface area (Å²) < 4.78 is 10.4. The average Bonchev–Trinajstić information content (AvgIpc) is 2.85. The number of aliphatic hydroxyl groups is 1. The molecule has 0 bridgehead atoms. The van der Waals surface area contributed by atoms with Crippen molar-refractivity contribution in [2.45, 2.75) is 6.54 Å². The monoisotopic (exact) mass is 339 g/mol. The van der Waals surface area contributed by atoms with Crippen LogP contribution in [-0.2, 0) is 16.1 Å². The third-order valence-electron chi connectivity index (χ3n) is 4.00. The third-order valence-corrected chi connectivity index (χ3v) is 4.00. The number of rotatable bonds is 5. The second-order valence-electron chi connectivity index (χ2n) is 5.48. The van der Waals surface area contributed by atoms with E-state index < -0.39 is 17.6 Å². The Balaban J connectivity index is 1.94. The number of nitrogens with zero attached hydrogens (tertiary/aromatic N) is 1. The summed E-state index contributed by atoms with van der Waals surface area (Å²) in [5, 5.41) is 10.2. The molecule has 0 spiro atoms. The molecule has 0 atom stereocenters. The fraction of sp³-hybridized carbons (Fsp3) is 0.158. The lowest BCUT2D eigenvalue weighted by Gasteiger charge is -2.15. The lowest BCUT2D eigenvalue weighted by molar-refractivity contribution is -0.138. The van der Waals surface area contributed by atoms with E-state index in [1.807, 2.05) is 30.3 Å². The van der Waals surface area contributed by atoms with Crippen LogP contribution in [0.25, 0.3) is 5.57 Å². The van der Waals surface area contributed by atoms with Crippen LogP contribution >= 0.6 is 0 Å². The number of imide groups is 1. The number of ether oxygens (including phenoxy) is 2. The van der Waals surface area contributed by atoms with Gasteiger partial charge in [0.05, 0.1) is 26.3 Å². The van der Waals surface area contributed by atoms with Gasteiger partial charge >= 0.3 is 0 Å². The van der Waals surface area contributed by atoms with Crippen LogP contribution in [0.5, 0.6) is 11.5 Å². The van der Waals surface area contributed by atoms with E-state index in [4.69, 9.17) is 9.47 Å². The third kappa shape index (κ3) is 2.94. The first-order chi connectivity index (χ1) is 12.1. The van der Waals surface area contributed by atoms with Crippen LogP contribution in [0.4, 0.5) is 0 Å². The normalized spacial score (nSPS) is 14.2. The average molecular weight is 339 g/mol. The van der Waals surface area contributed by atoms with Gasteiger partial charge in [-0.1, -0.05) is 36.4 Å². The van der Waals surface area contributed by atoms with Crippen LogP contribution in [-0.4, -0.2) is 36.0 Å². The van der Waals surface area contributed by atoms with Gasteiger partial charge in [0, 0.05) is 0 Å². The van der Waals surface area contributed by atoms with Gasteiger partial charge in [0.2, 0.25) is 0 Å². The zero-order valence-electron chi connectivity index (χ0n) is 13.9. The molecule has 0 radical (unpaired) electrons. The van der Waals surface area contributed by atoms with Gasteiger partial charge < -0.3 is 14.6 Å². The maximum atomic E-state index is 12.7. The Morgan fingerprint density at radius 2 is 1.60 bits per heavy atom. The number of methoxy groups -OCH3 is 2. The van der Waals surface area contributed by atoms with Crippen molar-refractivity contribution in [3.8, 4) is 11.5 Å². The van der Waals surface area contributed by atoms with Gasteiger partial charge in [-0.3, -0.25) is 14.5 Å². The Morgan fingerprint density at radius 1 is 0.920 bits per heavy atom. The summed E-state index contributed by atoms with van der Waals surface area (Å²) in [5.74, 6) is -0.920. The van der Waals surface area contributed by atoms with Gasteiger partial charge in [0.1, 0.15) is 0 Å². The van der Waals surface area contributed by atoms with E-state index in [9.17, 15) is 14.7 Å². The van der Waals surface area contributed by atoms with Crippen molar-refractivity contribution in [1.82, 2.24) is 4.90 Å². The molecule has 25 heavy (non-hydrogen) atoms. The van der Waals surface area contributed by atoms with Gasteiger partial charge in [-0.2, -0.15) is 0 Å². The molecule has 2 aromatic rings. The smallest absolute Gasteiger partial charge is 0.296 e. The number of hydrogen-bond donors (Lipinski definition) is 1. The number of carbonyl (C=O) groups is 2. The van der Waals surface area contributed by atoms with Crippen LogP contribution in [0, 0.1) is 0 Å². The first-order valence-electron chi connectivity index (χ1n) is 7.62. The zero-order valence-corrected chi connectivity index (χ0v) is 13.9. The zero-order chi connectivity index (χ0) is 18.0. The molecule has 0 fully saturated rings. The summed E-state index contributed by atoms with van der Waals surface area (Å²) in [6.45, 7) is 0.0966. The fourth-order valence-electron chi connectivity index (χ4n) is 2.72. The van der Waals surface area contributed by atoms with E-state index in [0.29, 0.717) is 17.1 Å². The highest BCUT2D eigenvalue weighted by Crippen LogP contribution is 2.34. The number of carbonyl (C=O) groups excluding carboxylic acids is 2.